The number of carbonyl (C=O) groups excluding carboxylic acids is 1. The van der Waals surface area contributed by atoms with E-state index < -0.39 is 27.7 Å². The van der Waals surface area contributed by atoms with Crippen LogP contribution in [0.5, 0.6) is 0 Å². The number of hydrazine groups is 1. The number of aliphatic imine (C=N–C) groups is 1. The molecule has 1 amide bonds. The molecule has 2 aromatic heterocycles. The number of aromatic carboxylic acids is 1. The number of sulfonamides is 1. The molecular formula is C34H26N6O5S3. The van der Waals surface area contributed by atoms with Gasteiger partial charge in [-0.15, -0.1) is 22.7 Å². The van der Waals surface area contributed by atoms with Crippen LogP contribution >= 0.6 is 22.7 Å². The number of hydrogen-bond acceptors (Lipinski definition) is 10. The van der Waals surface area contributed by atoms with Gasteiger partial charge >= 0.3 is 5.97 Å². The van der Waals surface area contributed by atoms with Gasteiger partial charge in [-0.1, -0.05) is 60.2 Å². The maximum atomic E-state index is 13.6. The molecular weight excluding hydrogens is 669 g/mol. The van der Waals surface area contributed by atoms with Gasteiger partial charge in [0.1, 0.15) is 4.88 Å². The number of carboxylic acids is 1. The molecule has 14 heteroatoms. The van der Waals surface area contributed by atoms with Crippen molar-refractivity contribution in [3.63, 3.8) is 0 Å². The molecule has 240 valence electrons. The van der Waals surface area contributed by atoms with Gasteiger partial charge in [0.25, 0.3) is 11.7 Å². The Balaban J connectivity index is 0.000000494. The van der Waals surface area contributed by atoms with Crippen molar-refractivity contribution in [3.8, 4) is 23.7 Å². The van der Waals surface area contributed by atoms with Gasteiger partial charge in [-0.3, -0.25) is 16.0 Å². The largest absolute Gasteiger partial charge is 0.477 e. The van der Waals surface area contributed by atoms with Gasteiger partial charge in [-0.25, -0.2) is 18.4 Å². The van der Waals surface area contributed by atoms with E-state index in [4.69, 9.17) is 16.0 Å². The third kappa shape index (κ3) is 8.74. The van der Waals surface area contributed by atoms with Crippen LogP contribution in [-0.2, 0) is 10.0 Å². The van der Waals surface area contributed by atoms with Gasteiger partial charge in [0, 0.05) is 16.8 Å². The van der Waals surface area contributed by atoms with Crippen LogP contribution in [0.25, 0.3) is 0 Å². The van der Waals surface area contributed by atoms with Crippen LogP contribution in [0.1, 0.15) is 35.3 Å². The van der Waals surface area contributed by atoms with E-state index in [1.807, 2.05) is 60.7 Å². The van der Waals surface area contributed by atoms with Crippen molar-refractivity contribution in [2.75, 3.05) is 5.32 Å². The van der Waals surface area contributed by atoms with E-state index in [1.54, 1.807) is 29.6 Å². The number of rotatable bonds is 4. The Bertz CT molecular complexity index is 2180. The molecule has 0 aliphatic carbocycles. The third-order valence-electron chi connectivity index (χ3n) is 6.31. The van der Waals surface area contributed by atoms with Crippen molar-refractivity contribution in [1.82, 2.24) is 10.4 Å². The van der Waals surface area contributed by atoms with Crippen LogP contribution < -0.4 is 21.6 Å². The number of carbonyl (C=O) groups is 2. The van der Waals surface area contributed by atoms with Crippen molar-refractivity contribution in [2.45, 2.75) is 10.7 Å². The number of benzene rings is 3. The molecule has 0 spiro atoms. The third-order valence-corrected chi connectivity index (χ3v) is 9.08. The fourth-order valence-corrected chi connectivity index (χ4v) is 5.88. The maximum Gasteiger partial charge on any atom is 0.345 e. The molecule has 1 aliphatic heterocycles. The number of guanidine groups is 1. The molecule has 0 saturated carbocycles. The molecule has 7 N–H and O–H groups in total. The lowest BCUT2D eigenvalue weighted by Crippen LogP contribution is -2.58. The van der Waals surface area contributed by atoms with Crippen LogP contribution in [0.4, 0.5) is 5.69 Å². The second-order valence-corrected chi connectivity index (χ2v) is 13.4. The van der Waals surface area contributed by atoms with Crippen molar-refractivity contribution >= 4 is 56.2 Å². The zero-order valence-electron chi connectivity index (χ0n) is 24.8. The highest BCUT2D eigenvalue weighted by atomic mass is 32.2. The second-order valence-electron chi connectivity index (χ2n) is 9.81. The Labute approximate surface area is 284 Å². The van der Waals surface area contributed by atoms with Crippen LogP contribution in [-0.4, -0.2) is 42.2 Å². The summed E-state index contributed by atoms with van der Waals surface area (Å²) in [4.78, 5) is 29.6. The van der Waals surface area contributed by atoms with Crippen LogP contribution in [0.15, 0.2) is 124 Å². The molecule has 3 heterocycles. The minimum absolute atomic E-state index is 0.0399. The van der Waals surface area contributed by atoms with E-state index in [2.05, 4.69) is 39.4 Å². The normalized spacial score (nSPS) is 14.9. The smallest absolute Gasteiger partial charge is 0.345 e. The number of nitrogens with two attached hydrogens (primary N) is 2. The lowest BCUT2D eigenvalue weighted by atomic mass is 10.2. The summed E-state index contributed by atoms with van der Waals surface area (Å²) in [6, 6.07) is 31.2. The van der Waals surface area contributed by atoms with Crippen LogP contribution in [0, 0.1) is 23.7 Å². The van der Waals surface area contributed by atoms with Gasteiger partial charge < -0.3 is 10.4 Å². The Morgan fingerprint density at radius 1 is 0.833 bits per heavy atom. The van der Waals surface area contributed by atoms with E-state index in [0.29, 0.717) is 25.9 Å². The van der Waals surface area contributed by atoms with E-state index in [9.17, 15) is 18.0 Å². The first kappa shape index (κ1) is 33.6. The minimum atomic E-state index is -3.84. The van der Waals surface area contributed by atoms with Crippen molar-refractivity contribution in [1.29, 1.82) is 0 Å². The zero-order chi connectivity index (χ0) is 34.1. The SMILES string of the molecule is NC1(C#Cc2ccccc2)N=C(Nc2ccc(S(N)(=O)=O)cc2)NN1C(=O)c1ccc(C#Cc2ccccc2)s1.O=C(O)c1cccs1. The molecule has 1 atom stereocenters. The fraction of sp³-hybridized carbons (Fsp3) is 0.0294. The summed E-state index contributed by atoms with van der Waals surface area (Å²) in [6.45, 7) is 0. The lowest BCUT2D eigenvalue weighted by Gasteiger charge is -2.26. The lowest BCUT2D eigenvalue weighted by molar-refractivity contribution is 0.0584. The monoisotopic (exact) mass is 694 g/mol. The Morgan fingerprint density at radius 2 is 1.48 bits per heavy atom. The highest BCUT2D eigenvalue weighted by Crippen LogP contribution is 2.24. The molecule has 5 aromatic rings. The van der Waals surface area contributed by atoms with Gasteiger partial charge in [-0.2, -0.15) is 10.0 Å². The summed E-state index contributed by atoms with van der Waals surface area (Å²) < 4.78 is 23.1. The highest BCUT2D eigenvalue weighted by molar-refractivity contribution is 7.89. The van der Waals surface area contributed by atoms with Crippen molar-refractivity contribution < 1.29 is 23.1 Å². The minimum Gasteiger partial charge on any atom is -0.477 e. The number of thiophene rings is 2. The summed E-state index contributed by atoms with van der Waals surface area (Å²) in [6.07, 6.45) is 0. The van der Waals surface area contributed by atoms with Gasteiger partial charge in [0.2, 0.25) is 16.0 Å². The fourth-order valence-electron chi connectivity index (χ4n) is 4.02. The van der Waals surface area contributed by atoms with Gasteiger partial charge in [-0.05, 0) is 78.0 Å². The van der Waals surface area contributed by atoms with Crippen molar-refractivity contribution in [2.24, 2.45) is 15.9 Å². The number of primary sulfonamides is 1. The predicted octanol–water partition coefficient (Wildman–Crippen LogP) is 4.33. The Kier molecular flexibility index (Phi) is 10.4. The topological polar surface area (TPSA) is 180 Å². The summed E-state index contributed by atoms with van der Waals surface area (Å²) in [5.74, 6) is 9.11. The first-order valence-electron chi connectivity index (χ1n) is 13.9. The van der Waals surface area contributed by atoms with E-state index in [0.717, 1.165) is 10.6 Å². The molecule has 0 radical (unpaired) electrons. The summed E-state index contributed by atoms with van der Waals surface area (Å²) >= 11 is 2.45. The van der Waals surface area contributed by atoms with E-state index in [1.165, 1.54) is 46.9 Å². The summed E-state index contributed by atoms with van der Waals surface area (Å²) in [5.41, 5.74) is 11.5. The van der Waals surface area contributed by atoms with E-state index in [-0.39, 0.29) is 10.9 Å². The molecule has 0 saturated heterocycles. The van der Waals surface area contributed by atoms with Crippen LogP contribution in [0.2, 0.25) is 0 Å². The highest BCUT2D eigenvalue weighted by Gasteiger charge is 2.42. The summed E-state index contributed by atoms with van der Waals surface area (Å²) in [7, 11) is -3.84. The molecule has 11 nitrogen and oxygen atoms in total. The quantitative estimate of drug-likeness (QED) is 0.172. The number of carboxylic acid groups (broad SMARTS) is 1. The molecule has 1 aliphatic rings. The number of anilines is 1. The van der Waals surface area contributed by atoms with Gasteiger partial charge in [0.05, 0.1) is 14.6 Å². The molecule has 48 heavy (non-hydrogen) atoms. The standard InChI is InChI=1S/C29H22N6O3S2.C5H4O2S/c30-29(20-19-22-9-5-2-6-10-22)33-28(32-23-12-16-25(17-13-23)40(31,37)38)34-35(29)27(36)26-18-15-24(39-26)14-11-21-7-3-1-4-8-21;6-5(7)4-2-1-3-8-4/h1-10,12-13,15-18H,30H2,(H2,31,37,38)(H2,32,33,34);1-3H,(H,6,7). The molecule has 1 unspecified atom stereocenters. The molecule has 6 rings (SSSR count). The van der Waals surface area contributed by atoms with E-state index >= 15 is 0 Å². The first-order valence-corrected chi connectivity index (χ1v) is 17.2. The second kappa shape index (κ2) is 14.8. The average molecular weight is 695 g/mol. The first-order chi connectivity index (χ1) is 23.0. The molecule has 0 fully saturated rings. The average Bonchev–Trinajstić information content (AvgIpc) is 3.85. The molecule has 0 bridgehead atoms. The number of nitrogens with one attached hydrogen (secondary N) is 2. The number of amides is 1. The Hall–Kier alpha value is -5.74. The number of nitrogens with zero attached hydrogens (tertiary/aromatic N) is 2. The maximum absolute atomic E-state index is 13.6. The van der Waals surface area contributed by atoms with Crippen LogP contribution in [0.3, 0.4) is 0 Å². The summed E-state index contributed by atoms with van der Waals surface area (Å²) in [5, 5.41) is 19.3. The Morgan fingerprint density at radius 3 is 2.04 bits per heavy atom. The predicted molar refractivity (Wildman–Crippen MR) is 186 cm³/mol. The number of hydrogen-bond donors (Lipinski definition) is 5. The van der Waals surface area contributed by atoms with Crippen molar-refractivity contribution in [3.05, 3.63) is 140 Å². The molecule has 3 aromatic carbocycles. The van der Waals surface area contributed by atoms with Gasteiger partial charge in [0.15, 0.2) is 0 Å². The zero-order valence-corrected chi connectivity index (χ0v) is 27.3.